The lowest BCUT2D eigenvalue weighted by atomic mass is 10.2. The average Bonchev–Trinajstić information content (AvgIpc) is 2.41. The fraction of sp³-hybridized carbons (Fsp3) is 0.154. The standard InChI is InChI=1S/C13H11FN4/c1-2-18(13-5-3-4-6-16-13)12-7-10(14)9-17-11(12)8-15/h3-7,9H,2H2,1H3. The fourth-order valence-electron chi connectivity index (χ4n) is 1.69. The van der Waals surface area contributed by atoms with Gasteiger partial charge in [-0.05, 0) is 19.1 Å². The normalized spacial score (nSPS) is 9.83. The molecule has 90 valence electrons. The van der Waals surface area contributed by atoms with Gasteiger partial charge in [0, 0.05) is 18.8 Å². The van der Waals surface area contributed by atoms with Gasteiger partial charge in [0.1, 0.15) is 17.7 Å². The zero-order valence-electron chi connectivity index (χ0n) is 9.84. The Balaban J connectivity index is 2.52. The smallest absolute Gasteiger partial charge is 0.164 e. The van der Waals surface area contributed by atoms with Crippen molar-refractivity contribution in [2.75, 3.05) is 11.4 Å². The first kappa shape index (κ1) is 12.0. The van der Waals surface area contributed by atoms with Crippen LogP contribution in [0.3, 0.4) is 0 Å². The van der Waals surface area contributed by atoms with Crippen LogP contribution in [0.15, 0.2) is 36.7 Å². The minimum atomic E-state index is -0.474. The van der Waals surface area contributed by atoms with Crippen LogP contribution in [0.1, 0.15) is 12.6 Å². The Labute approximate surface area is 104 Å². The Hall–Kier alpha value is -2.48. The maximum Gasteiger partial charge on any atom is 0.164 e. The van der Waals surface area contributed by atoms with Gasteiger partial charge in [0.2, 0.25) is 0 Å². The summed E-state index contributed by atoms with van der Waals surface area (Å²) in [7, 11) is 0. The van der Waals surface area contributed by atoms with Crippen LogP contribution in [0.4, 0.5) is 15.9 Å². The third-order valence-electron chi connectivity index (χ3n) is 2.47. The second kappa shape index (κ2) is 5.23. The summed E-state index contributed by atoms with van der Waals surface area (Å²) in [6.45, 7) is 2.47. The number of nitrogens with zero attached hydrogens (tertiary/aromatic N) is 4. The van der Waals surface area contributed by atoms with Crippen molar-refractivity contribution in [3.8, 4) is 6.07 Å². The van der Waals surface area contributed by atoms with Crippen molar-refractivity contribution >= 4 is 11.5 Å². The van der Waals surface area contributed by atoms with Crippen LogP contribution in [0.2, 0.25) is 0 Å². The predicted octanol–water partition coefficient (Wildman–Crippen LogP) is 2.65. The van der Waals surface area contributed by atoms with Crippen molar-refractivity contribution in [1.29, 1.82) is 5.26 Å². The lowest BCUT2D eigenvalue weighted by Crippen LogP contribution is -2.19. The van der Waals surface area contributed by atoms with E-state index in [1.807, 2.05) is 19.1 Å². The van der Waals surface area contributed by atoms with E-state index < -0.39 is 5.82 Å². The monoisotopic (exact) mass is 242 g/mol. The van der Waals surface area contributed by atoms with Gasteiger partial charge in [-0.1, -0.05) is 6.07 Å². The highest BCUT2D eigenvalue weighted by molar-refractivity contribution is 5.65. The highest BCUT2D eigenvalue weighted by atomic mass is 19.1. The molecule has 0 fully saturated rings. The van der Waals surface area contributed by atoms with E-state index in [1.54, 1.807) is 23.2 Å². The summed E-state index contributed by atoms with van der Waals surface area (Å²) >= 11 is 0. The maximum atomic E-state index is 13.3. The van der Waals surface area contributed by atoms with Gasteiger partial charge in [-0.2, -0.15) is 5.26 Å². The van der Waals surface area contributed by atoms with Gasteiger partial charge in [0.25, 0.3) is 0 Å². The van der Waals surface area contributed by atoms with Gasteiger partial charge < -0.3 is 4.90 Å². The molecule has 2 aromatic rings. The van der Waals surface area contributed by atoms with Crippen LogP contribution in [-0.2, 0) is 0 Å². The quantitative estimate of drug-likeness (QED) is 0.830. The van der Waals surface area contributed by atoms with Gasteiger partial charge >= 0.3 is 0 Å². The van der Waals surface area contributed by atoms with Crippen LogP contribution in [-0.4, -0.2) is 16.5 Å². The van der Waals surface area contributed by atoms with E-state index in [0.29, 0.717) is 18.1 Å². The molecule has 0 aliphatic rings. The molecule has 0 radical (unpaired) electrons. The Kier molecular flexibility index (Phi) is 3.49. The third kappa shape index (κ3) is 2.28. The van der Waals surface area contributed by atoms with Gasteiger partial charge in [-0.25, -0.2) is 14.4 Å². The number of rotatable bonds is 3. The lowest BCUT2D eigenvalue weighted by molar-refractivity contribution is 0.620. The van der Waals surface area contributed by atoms with Crippen LogP contribution in [0.5, 0.6) is 0 Å². The Morgan fingerprint density at radius 3 is 2.83 bits per heavy atom. The van der Waals surface area contributed by atoms with Crippen molar-refractivity contribution in [1.82, 2.24) is 9.97 Å². The number of aromatic nitrogens is 2. The summed E-state index contributed by atoms with van der Waals surface area (Å²) in [6.07, 6.45) is 2.69. The lowest BCUT2D eigenvalue weighted by Gasteiger charge is -2.22. The first-order valence-corrected chi connectivity index (χ1v) is 5.50. The van der Waals surface area contributed by atoms with Crippen LogP contribution >= 0.6 is 0 Å². The molecule has 0 bridgehead atoms. The van der Waals surface area contributed by atoms with Gasteiger partial charge in [-0.3, -0.25) is 0 Å². The van der Waals surface area contributed by atoms with Gasteiger partial charge in [0.05, 0.1) is 11.9 Å². The average molecular weight is 242 g/mol. The molecule has 0 N–H and O–H groups in total. The van der Waals surface area contributed by atoms with Crippen molar-refractivity contribution in [2.45, 2.75) is 6.92 Å². The molecule has 2 aromatic heterocycles. The molecule has 0 atom stereocenters. The summed E-state index contributed by atoms with van der Waals surface area (Å²) in [5, 5.41) is 9.02. The molecule has 0 aliphatic carbocycles. The number of pyridine rings is 2. The van der Waals surface area contributed by atoms with Gasteiger partial charge in [-0.15, -0.1) is 0 Å². The van der Waals surface area contributed by atoms with Crippen LogP contribution in [0.25, 0.3) is 0 Å². The molecule has 0 amide bonds. The van der Waals surface area contributed by atoms with E-state index in [2.05, 4.69) is 9.97 Å². The molecule has 0 spiro atoms. The van der Waals surface area contributed by atoms with E-state index in [-0.39, 0.29) is 5.69 Å². The maximum absolute atomic E-state index is 13.3. The molecule has 0 aromatic carbocycles. The van der Waals surface area contributed by atoms with E-state index in [9.17, 15) is 4.39 Å². The zero-order chi connectivity index (χ0) is 13.0. The Morgan fingerprint density at radius 2 is 2.22 bits per heavy atom. The van der Waals surface area contributed by atoms with E-state index in [4.69, 9.17) is 5.26 Å². The second-order valence-electron chi connectivity index (χ2n) is 3.57. The summed E-state index contributed by atoms with van der Waals surface area (Å²) < 4.78 is 13.3. The molecule has 4 nitrogen and oxygen atoms in total. The Morgan fingerprint density at radius 1 is 1.39 bits per heavy atom. The predicted molar refractivity (Wildman–Crippen MR) is 65.8 cm³/mol. The largest absolute Gasteiger partial charge is 0.324 e. The van der Waals surface area contributed by atoms with E-state index in [0.717, 1.165) is 6.20 Å². The molecular weight excluding hydrogens is 231 g/mol. The topological polar surface area (TPSA) is 52.8 Å². The van der Waals surface area contributed by atoms with Crippen molar-refractivity contribution < 1.29 is 4.39 Å². The summed E-state index contributed by atoms with van der Waals surface area (Å²) in [5.74, 6) is 0.183. The van der Waals surface area contributed by atoms with Crippen molar-refractivity contribution in [3.05, 3.63) is 48.2 Å². The van der Waals surface area contributed by atoms with Crippen LogP contribution in [0, 0.1) is 17.1 Å². The van der Waals surface area contributed by atoms with E-state index >= 15 is 0 Å². The molecule has 0 aliphatic heterocycles. The second-order valence-corrected chi connectivity index (χ2v) is 3.57. The molecule has 2 heterocycles. The van der Waals surface area contributed by atoms with Crippen molar-refractivity contribution in [3.63, 3.8) is 0 Å². The van der Waals surface area contributed by atoms with Gasteiger partial charge in [0.15, 0.2) is 5.69 Å². The fourth-order valence-corrected chi connectivity index (χ4v) is 1.69. The number of halogens is 1. The third-order valence-corrected chi connectivity index (χ3v) is 2.47. The van der Waals surface area contributed by atoms with Crippen molar-refractivity contribution in [2.24, 2.45) is 0 Å². The molecule has 0 unspecified atom stereocenters. The zero-order valence-corrected chi connectivity index (χ0v) is 9.84. The number of hydrogen-bond acceptors (Lipinski definition) is 4. The number of nitriles is 1. The summed E-state index contributed by atoms with van der Waals surface area (Å²) in [5.41, 5.74) is 0.614. The molecule has 5 heteroatoms. The summed E-state index contributed by atoms with van der Waals surface area (Å²) in [6, 6.07) is 8.69. The first-order valence-electron chi connectivity index (χ1n) is 5.50. The Bertz CT molecular complexity index is 577. The minimum absolute atomic E-state index is 0.184. The molecule has 0 saturated heterocycles. The summed E-state index contributed by atoms with van der Waals surface area (Å²) in [4.78, 5) is 9.73. The molecular formula is C13H11FN4. The molecule has 0 saturated carbocycles. The molecule has 2 rings (SSSR count). The van der Waals surface area contributed by atoms with Crippen LogP contribution < -0.4 is 4.90 Å². The SMILES string of the molecule is CCN(c1ccccn1)c1cc(F)cnc1C#N. The van der Waals surface area contributed by atoms with E-state index in [1.165, 1.54) is 6.07 Å². The highest BCUT2D eigenvalue weighted by Gasteiger charge is 2.14. The minimum Gasteiger partial charge on any atom is -0.324 e. The highest BCUT2D eigenvalue weighted by Crippen LogP contribution is 2.25. The first-order chi connectivity index (χ1) is 8.76. The molecule has 18 heavy (non-hydrogen) atoms. The number of hydrogen-bond donors (Lipinski definition) is 0. The number of anilines is 2.